The number of alkyl halides is 3. The van der Waals surface area contributed by atoms with Crippen LogP contribution < -0.4 is 25.7 Å². The van der Waals surface area contributed by atoms with E-state index in [9.17, 15) is 40.3 Å². The number of fused-ring (bicyclic) bond motifs is 1. The molecule has 0 aliphatic heterocycles. The van der Waals surface area contributed by atoms with Gasteiger partial charge >= 0.3 is 19.7 Å². The van der Waals surface area contributed by atoms with Crippen molar-refractivity contribution < 1.29 is 59.7 Å². The molecule has 0 aliphatic carbocycles. The summed E-state index contributed by atoms with van der Waals surface area (Å²) in [7, 11) is -9.61. The average molecular weight is 715 g/mol. The number of carboxylic acid groups (broad SMARTS) is 1. The standard InChI is InChI=1S/C24H30FN4O7PS2.C2HF3O2/c25-19-11-16(5-6-17(19)15-28)24(37(30,31)32)29-39(33,34)23-13-18-12-20(35-9-3-1-7-26)21(14-22(18)38-23)36-10-4-2-8-27;3-2(4,5)1(6)7/h5-6,11-14,24,29H,1-4,7-10,26-27H2,(H2,30,31,32);(H,6,7). The number of unbranched alkanes of at least 4 members (excludes halogenated alkanes) is 2. The molecule has 0 fully saturated rings. The molecule has 0 spiro atoms. The van der Waals surface area contributed by atoms with E-state index in [2.05, 4.69) is 0 Å². The molecule has 0 saturated heterocycles. The van der Waals surface area contributed by atoms with Gasteiger partial charge in [0.05, 0.1) is 18.8 Å². The van der Waals surface area contributed by atoms with E-state index < -0.39 is 41.4 Å². The molecule has 0 saturated carbocycles. The number of hydrogen-bond donors (Lipinski definition) is 6. The number of nitrogens with two attached hydrogens (primary N) is 2. The first-order chi connectivity index (χ1) is 21.4. The Balaban J connectivity index is 0.000000942. The van der Waals surface area contributed by atoms with Crippen molar-refractivity contribution in [1.82, 2.24) is 4.72 Å². The number of carboxylic acids is 1. The summed E-state index contributed by atoms with van der Waals surface area (Å²) in [4.78, 5) is 28.6. The number of nitrogens with one attached hydrogen (secondary N) is 1. The first-order valence-electron chi connectivity index (χ1n) is 13.2. The minimum absolute atomic E-state index is 0.223. The van der Waals surface area contributed by atoms with Gasteiger partial charge in [-0.3, -0.25) is 4.57 Å². The Kier molecular flexibility index (Phi) is 14.4. The van der Waals surface area contributed by atoms with Gasteiger partial charge < -0.3 is 35.8 Å². The average Bonchev–Trinajstić information content (AvgIpc) is 3.39. The molecule has 8 N–H and O–H groups in total. The van der Waals surface area contributed by atoms with Crippen molar-refractivity contribution in [2.45, 2.75) is 41.9 Å². The number of ether oxygens (including phenoxy) is 2. The third-order valence-electron chi connectivity index (χ3n) is 5.81. The van der Waals surface area contributed by atoms with Gasteiger partial charge in [0, 0.05) is 10.8 Å². The molecule has 20 heteroatoms. The lowest BCUT2D eigenvalue weighted by molar-refractivity contribution is -0.192. The number of rotatable bonds is 15. The van der Waals surface area contributed by atoms with Crippen LogP contribution >= 0.6 is 18.9 Å². The van der Waals surface area contributed by atoms with Gasteiger partial charge in [-0.15, -0.1) is 11.3 Å². The molecule has 1 unspecified atom stereocenters. The molecule has 13 nitrogen and oxygen atoms in total. The predicted octanol–water partition coefficient (Wildman–Crippen LogP) is 3.94. The summed E-state index contributed by atoms with van der Waals surface area (Å²) >= 11 is 0.867. The molecule has 1 aromatic heterocycles. The van der Waals surface area contributed by atoms with Crippen LogP contribution in [-0.4, -0.2) is 61.8 Å². The minimum Gasteiger partial charge on any atom is -0.490 e. The summed E-state index contributed by atoms with van der Waals surface area (Å²) in [6.45, 7) is 1.80. The monoisotopic (exact) mass is 714 g/mol. The van der Waals surface area contributed by atoms with E-state index in [0.29, 0.717) is 54.3 Å². The van der Waals surface area contributed by atoms with Gasteiger partial charge in [-0.05, 0) is 74.0 Å². The summed E-state index contributed by atoms with van der Waals surface area (Å²) in [6, 6.07) is 9.06. The number of nitriles is 1. The van der Waals surface area contributed by atoms with Crippen LogP contribution in [0, 0.1) is 17.1 Å². The summed E-state index contributed by atoms with van der Waals surface area (Å²) in [5, 5.41) is 16.6. The van der Waals surface area contributed by atoms with E-state index in [-0.39, 0.29) is 15.3 Å². The summed E-state index contributed by atoms with van der Waals surface area (Å²) in [5.41, 5.74) is 10.4. The van der Waals surface area contributed by atoms with E-state index in [1.54, 1.807) is 18.2 Å². The largest absolute Gasteiger partial charge is 0.490 e. The first-order valence-corrected chi connectivity index (χ1v) is 17.2. The van der Waals surface area contributed by atoms with Crippen LogP contribution in [0.15, 0.2) is 40.6 Å². The van der Waals surface area contributed by atoms with Gasteiger partial charge in [0.2, 0.25) is 0 Å². The zero-order chi connectivity index (χ0) is 34.7. The quantitative estimate of drug-likeness (QED) is 0.0746. The second-order valence-corrected chi connectivity index (χ2v) is 14.1. The van der Waals surface area contributed by atoms with Gasteiger partial charge in [0.1, 0.15) is 21.9 Å². The van der Waals surface area contributed by atoms with Gasteiger partial charge in [-0.2, -0.15) is 23.2 Å². The van der Waals surface area contributed by atoms with Crippen LogP contribution in [0.3, 0.4) is 0 Å². The number of hydrogen-bond acceptors (Lipinski definition) is 10. The number of carbonyl (C=O) groups is 1. The lowest BCUT2D eigenvalue weighted by Gasteiger charge is -2.20. The highest BCUT2D eigenvalue weighted by Crippen LogP contribution is 2.51. The maximum Gasteiger partial charge on any atom is 0.490 e. The molecule has 3 rings (SSSR count). The van der Waals surface area contributed by atoms with E-state index in [1.807, 2.05) is 4.72 Å². The van der Waals surface area contributed by atoms with E-state index in [1.165, 1.54) is 6.07 Å². The Labute approximate surface area is 264 Å². The molecule has 1 heterocycles. The maximum absolute atomic E-state index is 14.1. The third-order valence-corrected chi connectivity index (χ3v) is 10.1. The van der Waals surface area contributed by atoms with E-state index in [0.717, 1.165) is 48.8 Å². The van der Waals surface area contributed by atoms with Gasteiger partial charge in [-0.1, -0.05) is 6.07 Å². The Morgan fingerprint density at radius 3 is 2.02 bits per heavy atom. The summed E-state index contributed by atoms with van der Waals surface area (Å²) in [5.74, 6) is -5.02. The van der Waals surface area contributed by atoms with Crippen LogP contribution in [0.1, 0.15) is 42.6 Å². The second-order valence-electron chi connectivity index (χ2n) is 9.36. The maximum atomic E-state index is 14.1. The molecule has 0 bridgehead atoms. The molecular weight excluding hydrogens is 683 g/mol. The zero-order valence-electron chi connectivity index (χ0n) is 23.9. The normalized spacial score (nSPS) is 12.6. The SMILES string of the molecule is N#Cc1ccc(C(NS(=O)(=O)c2cc3cc(OCCCCN)c(OCCCCN)cc3s2)P(=O)(O)O)cc1F.O=C(O)C(F)(F)F. The van der Waals surface area contributed by atoms with Gasteiger partial charge in [0.15, 0.2) is 11.5 Å². The van der Waals surface area contributed by atoms with Crippen molar-refractivity contribution >= 4 is 45.0 Å². The molecule has 46 heavy (non-hydrogen) atoms. The molecule has 254 valence electrons. The lowest BCUT2D eigenvalue weighted by atomic mass is 10.1. The number of sulfonamides is 1. The Morgan fingerprint density at radius 1 is 1.02 bits per heavy atom. The van der Waals surface area contributed by atoms with E-state index >= 15 is 0 Å². The highest BCUT2D eigenvalue weighted by molar-refractivity contribution is 7.92. The number of aliphatic carboxylic acids is 1. The lowest BCUT2D eigenvalue weighted by Crippen LogP contribution is -2.28. The van der Waals surface area contributed by atoms with Crippen molar-refractivity contribution in [1.29, 1.82) is 5.26 Å². The third kappa shape index (κ3) is 11.5. The van der Waals surface area contributed by atoms with Crippen LogP contribution in [0.5, 0.6) is 11.5 Å². The predicted molar refractivity (Wildman–Crippen MR) is 159 cm³/mol. The van der Waals surface area contributed by atoms with Crippen molar-refractivity contribution in [3.05, 3.63) is 53.3 Å². The van der Waals surface area contributed by atoms with Crippen LogP contribution in [-0.2, 0) is 19.4 Å². The zero-order valence-corrected chi connectivity index (χ0v) is 26.4. The number of halogens is 4. The fraction of sp³-hybridized carbons (Fsp3) is 0.385. The summed E-state index contributed by atoms with van der Waals surface area (Å²) < 4.78 is 98.6. The highest BCUT2D eigenvalue weighted by Gasteiger charge is 2.38. The Morgan fingerprint density at radius 2 is 1.57 bits per heavy atom. The number of benzene rings is 2. The van der Waals surface area contributed by atoms with Crippen LogP contribution in [0.25, 0.3) is 10.1 Å². The molecule has 0 radical (unpaired) electrons. The Hall–Kier alpha value is -3.34. The van der Waals surface area contributed by atoms with Crippen LogP contribution in [0.2, 0.25) is 0 Å². The number of nitrogens with zero attached hydrogens (tertiary/aromatic N) is 1. The Bertz CT molecular complexity index is 1640. The number of thiophene rings is 1. The fourth-order valence-corrected chi connectivity index (χ4v) is 7.57. The van der Waals surface area contributed by atoms with Crippen molar-refractivity contribution in [3.8, 4) is 17.6 Å². The van der Waals surface area contributed by atoms with Gasteiger partial charge in [0.25, 0.3) is 10.0 Å². The van der Waals surface area contributed by atoms with Crippen molar-refractivity contribution in [2.75, 3.05) is 26.3 Å². The van der Waals surface area contributed by atoms with Crippen LogP contribution in [0.4, 0.5) is 17.6 Å². The summed E-state index contributed by atoms with van der Waals surface area (Å²) in [6.07, 6.45) is -2.11. The second kappa shape index (κ2) is 17.0. The van der Waals surface area contributed by atoms with Crippen molar-refractivity contribution in [2.24, 2.45) is 11.5 Å². The molecule has 1 atom stereocenters. The van der Waals surface area contributed by atoms with E-state index in [4.69, 9.17) is 36.1 Å². The van der Waals surface area contributed by atoms with Crippen molar-refractivity contribution in [3.63, 3.8) is 0 Å². The smallest absolute Gasteiger partial charge is 0.490 e. The first kappa shape index (κ1) is 38.8. The minimum atomic E-state index is -5.14. The highest BCUT2D eigenvalue weighted by atomic mass is 32.2. The molecule has 2 aromatic carbocycles. The van der Waals surface area contributed by atoms with Gasteiger partial charge in [-0.25, -0.2) is 17.6 Å². The molecule has 0 amide bonds. The molecular formula is C26H31F4N4O9PS2. The molecule has 3 aromatic rings. The molecule has 0 aliphatic rings. The fourth-order valence-electron chi connectivity index (χ4n) is 3.57. The topological polar surface area (TPSA) is 235 Å².